The van der Waals surface area contributed by atoms with Crippen LogP contribution in [0, 0.1) is 0 Å². The second-order valence-corrected chi connectivity index (χ2v) is 5.16. The number of morpholine rings is 1. The largest absolute Gasteiger partial charge is 0.490 e. The summed E-state index contributed by atoms with van der Waals surface area (Å²) in [5, 5.41) is 9.00. The molecule has 22 heavy (non-hydrogen) atoms. The monoisotopic (exact) mass is 307 g/mol. The highest BCUT2D eigenvalue weighted by molar-refractivity contribution is 5.95. The number of benzene rings is 1. The fourth-order valence-electron chi connectivity index (χ4n) is 2.46. The first-order chi connectivity index (χ1) is 10.6. The van der Waals surface area contributed by atoms with Crippen molar-refractivity contribution in [3.05, 3.63) is 23.8 Å². The first-order valence-electron chi connectivity index (χ1n) is 7.18. The molecule has 2 heterocycles. The molecule has 0 saturated carbocycles. The van der Waals surface area contributed by atoms with E-state index < -0.39 is 12.1 Å². The Bertz CT molecular complexity index is 587. The quantitative estimate of drug-likeness (QED) is 0.869. The van der Waals surface area contributed by atoms with E-state index in [9.17, 15) is 9.59 Å². The van der Waals surface area contributed by atoms with Crippen molar-refractivity contribution in [2.24, 2.45) is 0 Å². The van der Waals surface area contributed by atoms with Gasteiger partial charge in [-0.1, -0.05) is 0 Å². The maximum atomic E-state index is 12.5. The number of hydrogen-bond acceptors (Lipinski definition) is 5. The van der Waals surface area contributed by atoms with Crippen molar-refractivity contribution >= 4 is 11.9 Å². The minimum absolute atomic E-state index is 0.0443. The molecule has 0 bridgehead atoms. The minimum Gasteiger partial charge on any atom is -0.490 e. The Hall–Kier alpha value is -2.28. The summed E-state index contributed by atoms with van der Waals surface area (Å²) >= 11 is 0. The zero-order chi connectivity index (χ0) is 15.5. The number of carboxylic acids is 1. The number of carbonyl (C=O) groups is 2. The average Bonchev–Trinajstić information content (AvgIpc) is 2.78. The Labute approximate surface area is 127 Å². The van der Waals surface area contributed by atoms with Gasteiger partial charge in [0.1, 0.15) is 0 Å². The highest BCUT2D eigenvalue weighted by Gasteiger charge is 2.29. The second-order valence-electron chi connectivity index (χ2n) is 5.16. The number of fused-ring (bicyclic) bond motifs is 1. The number of hydrogen-bond donors (Lipinski definition) is 1. The van der Waals surface area contributed by atoms with E-state index in [-0.39, 0.29) is 19.1 Å². The number of aliphatic carboxylic acids is 1. The van der Waals surface area contributed by atoms with Gasteiger partial charge in [-0.3, -0.25) is 4.79 Å². The normalized spacial score (nSPS) is 21.1. The molecule has 7 heteroatoms. The lowest BCUT2D eigenvalue weighted by Crippen LogP contribution is -2.48. The Morgan fingerprint density at radius 2 is 1.91 bits per heavy atom. The van der Waals surface area contributed by atoms with Crippen molar-refractivity contribution < 1.29 is 28.9 Å². The summed E-state index contributed by atoms with van der Waals surface area (Å²) in [6, 6.07) is 5.03. The molecule has 2 aliphatic heterocycles. The minimum atomic E-state index is -1.06. The van der Waals surface area contributed by atoms with E-state index in [2.05, 4.69) is 0 Å². The molecule has 1 aromatic carbocycles. The predicted octanol–water partition coefficient (Wildman–Crippen LogP) is 0.773. The third-order valence-corrected chi connectivity index (χ3v) is 3.62. The van der Waals surface area contributed by atoms with Crippen LogP contribution < -0.4 is 9.47 Å². The number of ether oxygens (including phenoxy) is 3. The zero-order valence-corrected chi connectivity index (χ0v) is 12.0. The summed E-state index contributed by atoms with van der Waals surface area (Å²) < 4.78 is 16.2. The number of carbonyl (C=O) groups excluding carboxylic acids is 1. The van der Waals surface area contributed by atoms with E-state index >= 15 is 0 Å². The van der Waals surface area contributed by atoms with Gasteiger partial charge >= 0.3 is 5.97 Å². The van der Waals surface area contributed by atoms with Crippen LogP contribution in [0.4, 0.5) is 0 Å². The van der Waals surface area contributed by atoms with E-state index in [4.69, 9.17) is 19.3 Å². The van der Waals surface area contributed by atoms with Gasteiger partial charge < -0.3 is 24.2 Å². The first-order valence-corrected chi connectivity index (χ1v) is 7.18. The Balaban J connectivity index is 1.77. The van der Waals surface area contributed by atoms with Gasteiger partial charge in [0.2, 0.25) is 0 Å². The van der Waals surface area contributed by atoms with E-state index in [1.807, 2.05) is 0 Å². The Kier molecular flexibility index (Phi) is 4.15. The van der Waals surface area contributed by atoms with Crippen molar-refractivity contribution in [3.8, 4) is 11.5 Å². The molecule has 0 radical (unpaired) electrons. The molecule has 1 aromatic rings. The van der Waals surface area contributed by atoms with Gasteiger partial charge in [-0.05, 0) is 18.2 Å². The SMILES string of the molecule is O=C(O)[C@H]1CN(C(=O)c2ccc3c(c2)OCCCO3)CCO1. The molecule has 118 valence electrons. The van der Waals surface area contributed by atoms with Gasteiger partial charge in [0.25, 0.3) is 5.91 Å². The van der Waals surface area contributed by atoms with Crippen LogP contribution in [0.1, 0.15) is 16.8 Å². The summed E-state index contributed by atoms with van der Waals surface area (Å²) in [5.74, 6) is -0.118. The molecular weight excluding hydrogens is 290 g/mol. The van der Waals surface area contributed by atoms with Crippen LogP contribution in [-0.4, -0.2) is 60.9 Å². The van der Waals surface area contributed by atoms with Crippen molar-refractivity contribution in [1.29, 1.82) is 0 Å². The summed E-state index contributed by atoms with van der Waals surface area (Å²) in [6.07, 6.45) is -0.181. The standard InChI is InChI=1S/C15H17NO6/c17-14(16-4-7-22-13(9-16)15(18)19)10-2-3-11-12(8-10)21-6-1-5-20-11/h2-3,8,13H,1,4-7,9H2,(H,18,19)/t13-/m1/s1. The maximum Gasteiger partial charge on any atom is 0.334 e. The molecule has 2 aliphatic rings. The topological polar surface area (TPSA) is 85.3 Å². The van der Waals surface area contributed by atoms with Gasteiger partial charge in [-0.15, -0.1) is 0 Å². The fraction of sp³-hybridized carbons (Fsp3) is 0.467. The van der Waals surface area contributed by atoms with Crippen LogP contribution in [0.3, 0.4) is 0 Å². The average molecular weight is 307 g/mol. The molecule has 0 aromatic heterocycles. The highest BCUT2D eigenvalue weighted by atomic mass is 16.5. The summed E-state index contributed by atoms with van der Waals surface area (Å²) in [5.41, 5.74) is 0.454. The van der Waals surface area contributed by atoms with Crippen molar-refractivity contribution in [2.75, 3.05) is 32.9 Å². The summed E-state index contributed by atoms with van der Waals surface area (Å²) in [6.45, 7) is 1.76. The Morgan fingerprint density at radius 3 is 2.68 bits per heavy atom. The van der Waals surface area contributed by atoms with Gasteiger partial charge in [0.05, 0.1) is 26.4 Å². The highest BCUT2D eigenvalue weighted by Crippen LogP contribution is 2.31. The summed E-state index contributed by atoms with van der Waals surface area (Å²) in [7, 11) is 0. The molecule has 1 fully saturated rings. The predicted molar refractivity (Wildman–Crippen MR) is 75.3 cm³/mol. The van der Waals surface area contributed by atoms with Crippen LogP contribution in [-0.2, 0) is 9.53 Å². The van der Waals surface area contributed by atoms with Crippen LogP contribution in [0.2, 0.25) is 0 Å². The van der Waals surface area contributed by atoms with Gasteiger partial charge in [-0.2, -0.15) is 0 Å². The van der Waals surface area contributed by atoms with Gasteiger partial charge in [0, 0.05) is 18.5 Å². The molecule has 0 unspecified atom stereocenters. The number of carboxylic acid groups (broad SMARTS) is 1. The second kappa shape index (κ2) is 6.23. The number of amides is 1. The Morgan fingerprint density at radius 1 is 1.14 bits per heavy atom. The van der Waals surface area contributed by atoms with Crippen molar-refractivity contribution in [3.63, 3.8) is 0 Å². The number of nitrogens with zero attached hydrogens (tertiary/aromatic N) is 1. The van der Waals surface area contributed by atoms with Crippen LogP contribution in [0.5, 0.6) is 11.5 Å². The smallest absolute Gasteiger partial charge is 0.334 e. The third kappa shape index (κ3) is 2.99. The van der Waals surface area contributed by atoms with Gasteiger partial charge in [-0.25, -0.2) is 4.79 Å². The molecule has 1 amide bonds. The molecule has 0 aliphatic carbocycles. The molecule has 1 saturated heterocycles. The van der Waals surface area contributed by atoms with Crippen molar-refractivity contribution in [2.45, 2.75) is 12.5 Å². The van der Waals surface area contributed by atoms with E-state index in [1.165, 1.54) is 4.90 Å². The van der Waals surface area contributed by atoms with Crippen molar-refractivity contribution in [1.82, 2.24) is 4.90 Å². The lowest BCUT2D eigenvalue weighted by atomic mass is 10.1. The summed E-state index contributed by atoms with van der Waals surface area (Å²) in [4.78, 5) is 25.0. The van der Waals surface area contributed by atoms with E-state index in [0.717, 1.165) is 6.42 Å². The zero-order valence-electron chi connectivity index (χ0n) is 12.0. The van der Waals surface area contributed by atoms with E-state index in [1.54, 1.807) is 18.2 Å². The molecular formula is C15H17NO6. The van der Waals surface area contributed by atoms with Crippen LogP contribution in [0.15, 0.2) is 18.2 Å². The lowest BCUT2D eigenvalue weighted by Gasteiger charge is -2.31. The van der Waals surface area contributed by atoms with E-state index in [0.29, 0.717) is 36.8 Å². The van der Waals surface area contributed by atoms with Crippen LogP contribution in [0.25, 0.3) is 0 Å². The molecule has 7 nitrogen and oxygen atoms in total. The molecule has 1 N–H and O–H groups in total. The van der Waals surface area contributed by atoms with Crippen LogP contribution >= 0.6 is 0 Å². The fourth-order valence-corrected chi connectivity index (χ4v) is 2.46. The molecule has 0 spiro atoms. The molecule has 3 rings (SSSR count). The lowest BCUT2D eigenvalue weighted by molar-refractivity contribution is -0.154. The first kappa shape index (κ1) is 14.6. The maximum absolute atomic E-state index is 12.5. The third-order valence-electron chi connectivity index (χ3n) is 3.62. The molecule has 1 atom stereocenters. The number of rotatable bonds is 2. The van der Waals surface area contributed by atoms with Gasteiger partial charge in [0.15, 0.2) is 17.6 Å².